The van der Waals surface area contributed by atoms with Crippen molar-refractivity contribution in [2.45, 2.75) is 43.4 Å². The van der Waals surface area contributed by atoms with Crippen LogP contribution in [0.2, 0.25) is 0 Å². The van der Waals surface area contributed by atoms with Crippen molar-refractivity contribution >= 4 is 17.5 Å². The van der Waals surface area contributed by atoms with Crippen LogP contribution < -0.4 is 5.32 Å². The fourth-order valence-electron chi connectivity index (χ4n) is 2.79. The number of amides is 1. The van der Waals surface area contributed by atoms with Crippen molar-refractivity contribution in [3.05, 3.63) is 35.4 Å². The van der Waals surface area contributed by atoms with Gasteiger partial charge in [0.25, 0.3) is 5.91 Å². The summed E-state index contributed by atoms with van der Waals surface area (Å²) in [7, 11) is 0. The summed E-state index contributed by atoms with van der Waals surface area (Å²) in [5.74, 6) is 0.458. The van der Waals surface area contributed by atoms with E-state index in [9.17, 15) is 4.79 Å². The summed E-state index contributed by atoms with van der Waals surface area (Å²) in [6, 6.07) is 7.60. The third-order valence-electron chi connectivity index (χ3n) is 3.79. The van der Waals surface area contributed by atoms with Crippen molar-refractivity contribution in [2.75, 3.05) is 0 Å². The molecule has 3 rings (SSSR count). The topological polar surface area (TPSA) is 38.3 Å². The Morgan fingerprint density at radius 2 is 2.11 bits per heavy atom. The lowest BCUT2D eigenvalue weighted by molar-refractivity contribution is 0.0841. The van der Waals surface area contributed by atoms with Crippen molar-refractivity contribution in [2.24, 2.45) is 0 Å². The molecular formula is C14H16ClNO2. The lowest BCUT2D eigenvalue weighted by atomic mass is 9.95. The molecule has 1 amide bonds. The van der Waals surface area contributed by atoms with Gasteiger partial charge in [0.1, 0.15) is 0 Å². The highest BCUT2D eigenvalue weighted by Gasteiger charge is 2.41. The third-order valence-corrected chi connectivity index (χ3v) is 4.10. The first-order valence-corrected chi connectivity index (χ1v) is 6.91. The fraction of sp³-hybridized carbons (Fsp3) is 0.500. The number of carbonyl (C=O) groups is 1. The van der Waals surface area contributed by atoms with Crippen LogP contribution in [-0.4, -0.2) is 24.2 Å². The highest BCUT2D eigenvalue weighted by Crippen LogP contribution is 2.34. The highest BCUT2D eigenvalue weighted by molar-refractivity contribution is 6.17. The molecule has 1 aromatic carbocycles. The maximum Gasteiger partial charge on any atom is 0.251 e. The van der Waals surface area contributed by atoms with E-state index in [2.05, 4.69) is 5.32 Å². The van der Waals surface area contributed by atoms with Crippen LogP contribution in [0.15, 0.2) is 24.3 Å². The lowest BCUT2D eigenvalue weighted by Crippen LogP contribution is -2.41. The Hall–Kier alpha value is -1.06. The van der Waals surface area contributed by atoms with E-state index in [-0.39, 0.29) is 18.1 Å². The quantitative estimate of drug-likeness (QED) is 0.853. The smallest absolute Gasteiger partial charge is 0.251 e. The average molecular weight is 266 g/mol. The monoisotopic (exact) mass is 265 g/mol. The molecule has 3 nitrogen and oxygen atoms in total. The number of nitrogens with one attached hydrogen (secondary N) is 1. The Balaban J connectivity index is 1.64. The molecule has 0 aromatic heterocycles. The zero-order valence-corrected chi connectivity index (χ0v) is 10.8. The molecule has 1 N–H and O–H groups in total. The molecule has 3 unspecified atom stereocenters. The molecule has 2 aliphatic heterocycles. The van der Waals surface area contributed by atoms with Crippen LogP contribution in [0.1, 0.15) is 35.2 Å². The molecule has 0 spiro atoms. The van der Waals surface area contributed by atoms with Crippen LogP contribution in [-0.2, 0) is 10.6 Å². The van der Waals surface area contributed by atoms with E-state index >= 15 is 0 Å². The predicted octanol–water partition coefficient (Wildman–Crippen LogP) is 2.48. The Labute approximate surface area is 111 Å². The highest BCUT2D eigenvalue weighted by atomic mass is 35.5. The number of hydrogen-bond donors (Lipinski definition) is 1. The molecule has 4 heteroatoms. The molecule has 2 saturated heterocycles. The maximum absolute atomic E-state index is 12.1. The number of fused-ring (bicyclic) bond motifs is 2. The van der Waals surface area contributed by atoms with E-state index in [1.54, 1.807) is 0 Å². The Morgan fingerprint density at radius 3 is 2.67 bits per heavy atom. The molecule has 0 saturated carbocycles. The van der Waals surface area contributed by atoms with Crippen LogP contribution in [0.3, 0.4) is 0 Å². The number of halogens is 1. The van der Waals surface area contributed by atoms with Gasteiger partial charge in [-0.2, -0.15) is 0 Å². The first kappa shape index (κ1) is 12.0. The molecule has 1 aromatic rings. The second-order valence-corrected chi connectivity index (χ2v) is 5.29. The van der Waals surface area contributed by atoms with Gasteiger partial charge in [0.2, 0.25) is 0 Å². The van der Waals surface area contributed by atoms with Crippen molar-refractivity contribution in [3.63, 3.8) is 0 Å². The van der Waals surface area contributed by atoms with Gasteiger partial charge in [-0.3, -0.25) is 4.79 Å². The SMILES string of the molecule is O=C(NC1CC2CCC1O2)c1ccc(CCl)cc1. The van der Waals surface area contributed by atoms with Gasteiger partial charge in [-0.1, -0.05) is 12.1 Å². The molecule has 2 bridgehead atoms. The maximum atomic E-state index is 12.1. The molecule has 2 heterocycles. The number of benzene rings is 1. The number of ether oxygens (including phenoxy) is 1. The van der Waals surface area contributed by atoms with E-state index in [0.717, 1.165) is 24.8 Å². The summed E-state index contributed by atoms with van der Waals surface area (Å²) < 4.78 is 5.73. The van der Waals surface area contributed by atoms with Gasteiger partial charge in [-0.15, -0.1) is 11.6 Å². The van der Waals surface area contributed by atoms with E-state index < -0.39 is 0 Å². The minimum atomic E-state index is -0.0164. The third kappa shape index (κ3) is 2.25. The number of carbonyl (C=O) groups excluding carboxylic acids is 1. The summed E-state index contributed by atoms with van der Waals surface area (Å²) in [5.41, 5.74) is 1.71. The minimum absolute atomic E-state index is 0.0164. The summed E-state index contributed by atoms with van der Waals surface area (Å²) >= 11 is 5.72. The minimum Gasteiger partial charge on any atom is -0.373 e. The van der Waals surface area contributed by atoms with Gasteiger partial charge in [-0.05, 0) is 37.0 Å². The first-order chi connectivity index (χ1) is 8.76. The van der Waals surface area contributed by atoms with Crippen LogP contribution in [0.4, 0.5) is 0 Å². The second kappa shape index (κ2) is 4.90. The van der Waals surface area contributed by atoms with Crippen molar-refractivity contribution in [1.82, 2.24) is 5.32 Å². The Morgan fingerprint density at radius 1 is 1.33 bits per heavy atom. The standard InChI is InChI=1S/C14H16ClNO2/c15-8-9-1-3-10(4-2-9)14(17)16-12-7-11-5-6-13(12)18-11/h1-4,11-13H,5-8H2,(H,16,17). The molecule has 0 radical (unpaired) electrons. The van der Waals surface area contributed by atoms with E-state index in [0.29, 0.717) is 17.5 Å². The van der Waals surface area contributed by atoms with Gasteiger partial charge in [0, 0.05) is 11.4 Å². The normalized spacial score (nSPS) is 29.5. The molecule has 3 atom stereocenters. The summed E-state index contributed by atoms with van der Waals surface area (Å²) in [5, 5.41) is 3.07. The molecular weight excluding hydrogens is 250 g/mol. The van der Waals surface area contributed by atoms with Crippen LogP contribution >= 0.6 is 11.6 Å². The first-order valence-electron chi connectivity index (χ1n) is 6.37. The largest absolute Gasteiger partial charge is 0.373 e. The van der Waals surface area contributed by atoms with Crippen LogP contribution in [0.25, 0.3) is 0 Å². The lowest BCUT2D eigenvalue weighted by Gasteiger charge is -2.20. The van der Waals surface area contributed by atoms with Gasteiger partial charge in [0.15, 0.2) is 0 Å². The van der Waals surface area contributed by atoms with Crippen molar-refractivity contribution in [3.8, 4) is 0 Å². The zero-order valence-electron chi connectivity index (χ0n) is 10.1. The van der Waals surface area contributed by atoms with Crippen molar-refractivity contribution < 1.29 is 9.53 Å². The Bertz CT molecular complexity index is 446. The van der Waals surface area contributed by atoms with Gasteiger partial charge in [0.05, 0.1) is 18.2 Å². The number of rotatable bonds is 3. The van der Waals surface area contributed by atoms with Gasteiger partial charge in [-0.25, -0.2) is 0 Å². The molecule has 0 aliphatic carbocycles. The van der Waals surface area contributed by atoms with E-state index in [1.807, 2.05) is 24.3 Å². The fourth-order valence-corrected chi connectivity index (χ4v) is 2.96. The van der Waals surface area contributed by atoms with Crippen molar-refractivity contribution in [1.29, 1.82) is 0 Å². The van der Waals surface area contributed by atoms with Gasteiger partial charge < -0.3 is 10.1 Å². The van der Waals surface area contributed by atoms with Gasteiger partial charge >= 0.3 is 0 Å². The second-order valence-electron chi connectivity index (χ2n) is 5.02. The summed E-state index contributed by atoms with van der Waals surface area (Å²) in [4.78, 5) is 12.1. The van der Waals surface area contributed by atoms with E-state index in [4.69, 9.17) is 16.3 Å². The Kier molecular flexibility index (Phi) is 3.27. The van der Waals surface area contributed by atoms with Crippen LogP contribution in [0.5, 0.6) is 0 Å². The zero-order chi connectivity index (χ0) is 12.5. The van der Waals surface area contributed by atoms with E-state index in [1.165, 1.54) is 0 Å². The summed E-state index contributed by atoms with van der Waals surface area (Å²) in [6.07, 6.45) is 3.75. The number of hydrogen-bond acceptors (Lipinski definition) is 2. The molecule has 18 heavy (non-hydrogen) atoms. The average Bonchev–Trinajstić information content (AvgIpc) is 3.01. The summed E-state index contributed by atoms with van der Waals surface area (Å²) in [6.45, 7) is 0. The molecule has 2 aliphatic rings. The molecule has 2 fully saturated rings. The number of alkyl halides is 1. The predicted molar refractivity (Wildman–Crippen MR) is 69.8 cm³/mol. The van der Waals surface area contributed by atoms with Crippen LogP contribution in [0, 0.1) is 0 Å². The molecule has 96 valence electrons.